The van der Waals surface area contributed by atoms with Gasteiger partial charge in [-0.15, -0.1) is 11.3 Å². The van der Waals surface area contributed by atoms with Crippen molar-refractivity contribution in [3.8, 4) is 10.6 Å². The van der Waals surface area contributed by atoms with Gasteiger partial charge in [-0.1, -0.05) is 5.16 Å². The normalized spacial score (nSPS) is 16.9. The van der Waals surface area contributed by atoms with E-state index in [4.69, 9.17) is 5.21 Å². The first-order valence-corrected chi connectivity index (χ1v) is 10.8. The van der Waals surface area contributed by atoms with Gasteiger partial charge < -0.3 is 10.5 Å². The molecule has 3 rings (SSSR count). The van der Waals surface area contributed by atoms with Crippen LogP contribution in [0.25, 0.3) is 10.6 Å². The lowest BCUT2D eigenvalue weighted by Gasteiger charge is -2.30. The molecule has 0 bridgehead atoms. The maximum Gasteiger partial charge on any atom is 0.223 e. The monoisotopic (exact) mass is 414 g/mol. The van der Waals surface area contributed by atoms with E-state index in [2.05, 4.69) is 25.4 Å². The number of aryl methyl sites for hydroxylation is 1. The highest BCUT2D eigenvalue weighted by Gasteiger charge is 2.25. The van der Waals surface area contributed by atoms with E-state index >= 15 is 0 Å². The average Bonchev–Trinajstić information content (AvgIpc) is 2.97. The van der Waals surface area contributed by atoms with Crippen molar-refractivity contribution in [2.45, 2.75) is 25.8 Å². The first-order chi connectivity index (χ1) is 12.8. The third-order valence-corrected chi connectivity index (χ3v) is 6.60. The molecule has 9 nitrogen and oxygen atoms in total. The van der Waals surface area contributed by atoms with Crippen LogP contribution in [0.15, 0.2) is 11.4 Å². The molecule has 2 aromatic rings. The number of nitrogens with zero attached hydrogens (tertiary/aromatic N) is 5. The predicted molar refractivity (Wildman–Crippen MR) is 100 cm³/mol. The number of nitrogens with one attached hydrogen (secondary N) is 1. The van der Waals surface area contributed by atoms with Gasteiger partial charge >= 0.3 is 0 Å². The number of anilines is 1. The van der Waals surface area contributed by atoms with E-state index in [0.717, 1.165) is 17.5 Å². The van der Waals surface area contributed by atoms with Gasteiger partial charge in [-0.2, -0.15) is 0 Å². The summed E-state index contributed by atoms with van der Waals surface area (Å²) < 4.78 is 38.9. The Kier molecular flexibility index (Phi) is 5.67. The molecule has 3 heterocycles. The minimum Gasteiger partial charge on any atom is -0.411 e. The van der Waals surface area contributed by atoms with Gasteiger partial charge in [0, 0.05) is 19.1 Å². The van der Waals surface area contributed by atoms with Crippen LogP contribution in [0.3, 0.4) is 0 Å². The van der Waals surface area contributed by atoms with Crippen molar-refractivity contribution in [1.29, 1.82) is 0 Å². The molecule has 0 radical (unpaired) electrons. The second-order valence-electron chi connectivity index (χ2n) is 6.18. The Morgan fingerprint density at radius 3 is 2.74 bits per heavy atom. The summed E-state index contributed by atoms with van der Waals surface area (Å²) in [4.78, 5) is 13.0. The molecule has 1 saturated heterocycles. The molecule has 0 amide bonds. The Bertz CT molecular complexity index is 954. The lowest BCUT2D eigenvalue weighted by atomic mass is 10.1. The highest BCUT2D eigenvalue weighted by molar-refractivity contribution is 7.88. The average molecular weight is 414 g/mol. The molecular formula is C15H19FN6O3S2. The molecule has 0 saturated carbocycles. The van der Waals surface area contributed by atoms with Gasteiger partial charge in [-0.25, -0.2) is 32.1 Å². The number of hydrogen-bond donors (Lipinski definition) is 2. The van der Waals surface area contributed by atoms with Crippen molar-refractivity contribution in [1.82, 2.24) is 19.3 Å². The number of hydrogen-bond acceptors (Lipinski definition) is 9. The second-order valence-corrected chi connectivity index (χ2v) is 9.20. The zero-order valence-electron chi connectivity index (χ0n) is 14.8. The van der Waals surface area contributed by atoms with E-state index in [1.165, 1.54) is 16.8 Å². The predicted octanol–water partition coefficient (Wildman–Crippen LogP) is 1.69. The quantitative estimate of drug-likeness (QED) is 0.434. The third kappa shape index (κ3) is 4.57. The van der Waals surface area contributed by atoms with Crippen LogP contribution in [-0.4, -0.2) is 64.5 Å². The minimum absolute atomic E-state index is 0.000882. The fraction of sp³-hybridized carbons (Fsp3) is 0.467. The number of rotatable bonds is 5. The topological polar surface area (TPSA) is 121 Å². The summed E-state index contributed by atoms with van der Waals surface area (Å²) in [6.45, 7) is 2.56. The second kappa shape index (κ2) is 7.82. The zero-order chi connectivity index (χ0) is 19.6. The summed E-state index contributed by atoms with van der Waals surface area (Å²) in [6, 6.07) is 0.000882. The van der Waals surface area contributed by atoms with Crippen molar-refractivity contribution in [2.24, 2.45) is 5.16 Å². The molecule has 0 unspecified atom stereocenters. The van der Waals surface area contributed by atoms with Crippen LogP contribution in [0.5, 0.6) is 0 Å². The van der Waals surface area contributed by atoms with Crippen molar-refractivity contribution < 1.29 is 18.0 Å². The Morgan fingerprint density at radius 1 is 1.41 bits per heavy atom. The number of halogens is 1. The largest absolute Gasteiger partial charge is 0.411 e. The fourth-order valence-electron chi connectivity index (χ4n) is 2.85. The van der Waals surface area contributed by atoms with Crippen LogP contribution in [0.4, 0.5) is 10.3 Å². The number of sulfonamides is 1. The van der Waals surface area contributed by atoms with Crippen LogP contribution >= 0.6 is 11.3 Å². The van der Waals surface area contributed by atoms with Gasteiger partial charge in [-0.3, -0.25) is 0 Å². The molecule has 27 heavy (non-hydrogen) atoms. The molecule has 146 valence electrons. The lowest BCUT2D eigenvalue weighted by molar-refractivity contribution is 0.322. The van der Waals surface area contributed by atoms with E-state index in [9.17, 15) is 12.8 Å². The van der Waals surface area contributed by atoms with E-state index < -0.39 is 15.8 Å². The molecule has 1 aliphatic rings. The van der Waals surface area contributed by atoms with E-state index in [-0.39, 0.29) is 17.7 Å². The molecule has 0 atom stereocenters. The Morgan fingerprint density at radius 2 is 2.11 bits per heavy atom. The summed E-state index contributed by atoms with van der Waals surface area (Å²) in [6.07, 6.45) is 4.69. The van der Waals surface area contributed by atoms with Gasteiger partial charge in [0.15, 0.2) is 5.82 Å². The number of piperidine rings is 1. The molecule has 1 fully saturated rings. The number of thiazole rings is 1. The highest BCUT2D eigenvalue weighted by Crippen LogP contribution is 2.30. The molecular weight excluding hydrogens is 395 g/mol. The maximum absolute atomic E-state index is 14.3. The molecule has 1 aliphatic heterocycles. The summed E-state index contributed by atoms with van der Waals surface area (Å²) in [5.41, 5.74) is 0.688. The van der Waals surface area contributed by atoms with Crippen LogP contribution in [0.1, 0.15) is 23.5 Å². The molecule has 0 aliphatic carbocycles. The molecule has 2 N–H and O–H groups in total. The van der Waals surface area contributed by atoms with E-state index in [1.54, 1.807) is 6.92 Å². The van der Waals surface area contributed by atoms with Crippen molar-refractivity contribution in [2.75, 3.05) is 24.7 Å². The van der Waals surface area contributed by atoms with Crippen molar-refractivity contribution in [3.63, 3.8) is 0 Å². The fourth-order valence-corrected chi connectivity index (χ4v) is 4.65. The molecule has 0 aromatic carbocycles. The zero-order valence-corrected chi connectivity index (χ0v) is 16.4. The first-order valence-electron chi connectivity index (χ1n) is 8.17. The molecule has 0 spiro atoms. The van der Waals surface area contributed by atoms with E-state index in [1.807, 2.05) is 0 Å². The first kappa shape index (κ1) is 19.6. The minimum atomic E-state index is -3.19. The maximum atomic E-state index is 14.3. The standard InChI is InChI=1S/C15H19FN6O3S2/c1-9-14(26-12(19-9)8-18-23)13-11(16)7-17-15(21-13)20-10-3-5-22(6-4-10)27(2,24)25/h7-8,10,23H,3-6H2,1-2H3,(H,17,20,21)/b18-8+. The Balaban J connectivity index is 1.77. The number of aromatic nitrogens is 3. The van der Waals surface area contributed by atoms with Gasteiger partial charge in [0.1, 0.15) is 16.9 Å². The summed E-state index contributed by atoms with van der Waals surface area (Å²) in [5.74, 6) is -0.305. The SMILES string of the molecule is Cc1nc(/C=N/O)sc1-c1nc(NC2CCN(S(C)(=O)=O)CC2)ncc1F. The lowest BCUT2D eigenvalue weighted by Crippen LogP contribution is -2.42. The molecule has 2 aromatic heterocycles. The van der Waals surface area contributed by atoms with Gasteiger partial charge in [0.05, 0.1) is 23.0 Å². The van der Waals surface area contributed by atoms with Gasteiger partial charge in [0.25, 0.3) is 0 Å². The van der Waals surface area contributed by atoms with Crippen LogP contribution in [-0.2, 0) is 10.0 Å². The summed E-state index contributed by atoms with van der Waals surface area (Å²) >= 11 is 1.16. The Labute approximate surface area is 160 Å². The summed E-state index contributed by atoms with van der Waals surface area (Å²) in [5, 5.41) is 15.1. The van der Waals surface area contributed by atoms with Crippen LogP contribution < -0.4 is 5.32 Å². The van der Waals surface area contributed by atoms with Crippen molar-refractivity contribution >= 4 is 33.5 Å². The Hall–Kier alpha value is -2.18. The van der Waals surface area contributed by atoms with Crippen LogP contribution in [0.2, 0.25) is 0 Å². The number of oxime groups is 1. The van der Waals surface area contributed by atoms with Crippen LogP contribution in [0, 0.1) is 12.7 Å². The smallest absolute Gasteiger partial charge is 0.223 e. The van der Waals surface area contributed by atoms with Crippen molar-refractivity contribution in [3.05, 3.63) is 22.7 Å². The summed E-state index contributed by atoms with van der Waals surface area (Å²) in [7, 11) is -3.19. The highest BCUT2D eigenvalue weighted by atomic mass is 32.2. The molecule has 12 heteroatoms. The van der Waals surface area contributed by atoms with E-state index in [0.29, 0.717) is 41.5 Å². The van der Waals surface area contributed by atoms with Gasteiger partial charge in [0.2, 0.25) is 16.0 Å². The van der Waals surface area contributed by atoms with Gasteiger partial charge in [-0.05, 0) is 19.8 Å². The third-order valence-electron chi connectivity index (χ3n) is 4.20.